The van der Waals surface area contributed by atoms with Crippen LogP contribution >= 0.6 is 0 Å². The van der Waals surface area contributed by atoms with E-state index < -0.39 is 0 Å². The molecular weight excluding hydrogens is 318 g/mol. The topological polar surface area (TPSA) is 71.5 Å². The van der Waals surface area contributed by atoms with Gasteiger partial charge in [-0.2, -0.15) is 0 Å². The van der Waals surface area contributed by atoms with E-state index in [1.165, 1.54) is 0 Å². The molecule has 7 nitrogen and oxygen atoms in total. The zero-order chi connectivity index (χ0) is 17.3. The fourth-order valence-electron chi connectivity index (χ4n) is 2.75. The summed E-state index contributed by atoms with van der Waals surface area (Å²) in [6, 6.07) is 9.88. The first-order valence-electron chi connectivity index (χ1n) is 8.57. The van der Waals surface area contributed by atoms with Crippen molar-refractivity contribution in [2.45, 2.75) is 6.54 Å². The first-order chi connectivity index (χ1) is 12.3. The molecule has 2 N–H and O–H groups in total. The Hall–Kier alpha value is -2.38. The lowest BCUT2D eigenvalue weighted by molar-refractivity contribution is 0.0398. The first-order valence-corrected chi connectivity index (χ1v) is 8.57. The molecule has 7 heteroatoms. The molecule has 25 heavy (non-hydrogen) atoms. The lowest BCUT2D eigenvalue weighted by atomic mass is 10.2. The number of para-hydroxylation sites is 1. The normalized spacial score (nSPS) is 14.9. The molecule has 1 fully saturated rings. The Labute approximate surface area is 148 Å². The summed E-state index contributed by atoms with van der Waals surface area (Å²) in [6.45, 7) is 6.12. The predicted octanol–water partition coefficient (Wildman–Crippen LogP) is 1.84. The second-order valence-corrected chi connectivity index (χ2v) is 5.83. The average Bonchev–Trinajstić information content (AvgIpc) is 2.68. The van der Waals surface area contributed by atoms with E-state index >= 15 is 0 Å². The van der Waals surface area contributed by atoms with Crippen molar-refractivity contribution in [1.29, 1.82) is 0 Å². The van der Waals surface area contributed by atoms with Crippen LogP contribution in [0.3, 0.4) is 0 Å². The monoisotopic (exact) mass is 343 g/mol. The van der Waals surface area contributed by atoms with Crippen LogP contribution in [0.25, 0.3) is 0 Å². The molecule has 3 rings (SSSR count). The molecule has 2 aromatic rings. The number of morpholine rings is 1. The summed E-state index contributed by atoms with van der Waals surface area (Å²) in [5.74, 6) is 2.48. The Morgan fingerprint density at radius 2 is 1.88 bits per heavy atom. The minimum Gasteiger partial charge on any atom is -0.496 e. The Morgan fingerprint density at radius 3 is 2.68 bits per heavy atom. The quantitative estimate of drug-likeness (QED) is 0.758. The van der Waals surface area contributed by atoms with E-state index in [0.717, 1.165) is 62.3 Å². The minimum absolute atomic E-state index is 0.647. The van der Waals surface area contributed by atoms with Gasteiger partial charge in [-0.25, -0.2) is 9.97 Å². The highest BCUT2D eigenvalue weighted by atomic mass is 16.5. The molecule has 134 valence electrons. The molecule has 0 spiro atoms. The third-order valence-corrected chi connectivity index (χ3v) is 4.16. The van der Waals surface area contributed by atoms with Gasteiger partial charge < -0.3 is 20.1 Å². The zero-order valence-corrected chi connectivity index (χ0v) is 14.6. The van der Waals surface area contributed by atoms with Gasteiger partial charge in [0.1, 0.15) is 23.7 Å². The number of nitrogens with one attached hydrogen (secondary N) is 2. The number of hydrogen-bond donors (Lipinski definition) is 2. The summed E-state index contributed by atoms with van der Waals surface area (Å²) in [7, 11) is 1.68. The van der Waals surface area contributed by atoms with Crippen LogP contribution in [0.4, 0.5) is 11.6 Å². The highest BCUT2D eigenvalue weighted by Crippen LogP contribution is 2.18. The SMILES string of the molecule is COc1ccccc1CNc1cc(NCCN2CCOCC2)ncn1. The van der Waals surface area contributed by atoms with Crippen LogP contribution in [0.5, 0.6) is 5.75 Å². The Balaban J connectivity index is 1.49. The number of ether oxygens (including phenoxy) is 2. The third kappa shape index (κ3) is 5.30. The van der Waals surface area contributed by atoms with E-state index in [4.69, 9.17) is 9.47 Å². The molecule has 1 saturated heterocycles. The molecule has 0 radical (unpaired) electrons. The summed E-state index contributed by atoms with van der Waals surface area (Å²) in [5, 5.41) is 6.67. The van der Waals surface area contributed by atoms with Gasteiger partial charge in [-0.1, -0.05) is 18.2 Å². The van der Waals surface area contributed by atoms with E-state index in [2.05, 4.69) is 25.5 Å². The van der Waals surface area contributed by atoms with Crippen molar-refractivity contribution >= 4 is 11.6 Å². The summed E-state index contributed by atoms with van der Waals surface area (Å²) in [5.41, 5.74) is 1.09. The number of nitrogens with zero attached hydrogens (tertiary/aromatic N) is 3. The molecule has 2 heterocycles. The smallest absolute Gasteiger partial charge is 0.131 e. The molecule has 1 aromatic carbocycles. The van der Waals surface area contributed by atoms with E-state index in [9.17, 15) is 0 Å². The van der Waals surface area contributed by atoms with Gasteiger partial charge in [0.15, 0.2) is 0 Å². The molecule has 0 saturated carbocycles. The number of hydrogen-bond acceptors (Lipinski definition) is 7. The molecule has 0 amide bonds. The van der Waals surface area contributed by atoms with Crippen molar-refractivity contribution in [3.63, 3.8) is 0 Å². The number of methoxy groups -OCH3 is 1. The molecule has 1 aliphatic rings. The van der Waals surface area contributed by atoms with Crippen molar-refractivity contribution in [3.05, 3.63) is 42.2 Å². The van der Waals surface area contributed by atoms with Crippen molar-refractivity contribution in [2.24, 2.45) is 0 Å². The van der Waals surface area contributed by atoms with Crippen molar-refractivity contribution < 1.29 is 9.47 Å². The number of anilines is 2. The fourth-order valence-corrected chi connectivity index (χ4v) is 2.75. The van der Waals surface area contributed by atoms with Gasteiger partial charge in [-0.3, -0.25) is 4.90 Å². The minimum atomic E-state index is 0.647. The average molecular weight is 343 g/mol. The number of aromatic nitrogens is 2. The third-order valence-electron chi connectivity index (χ3n) is 4.16. The highest BCUT2D eigenvalue weighted by molar-refractivity contribution is 5.47. The Kier molecular flexibility index (Phi) is 6.42. The Morgan fingerprint density at radius 1 is 1.12 bits per heavy atom. The van der Waals surface area contributed by atoms with Crippen LogP contribution in [0, 0.1) is 0 Å². The van der Waals surface area contributed by atoms with Crippen molar-refractivity contribution in [1.82, 2.24) is 14.9 Å². The van der Waals surface area contributed by atoms with Gasteiger partial charge in [0.2, 0.25) is 0 Å². The van der Waals surface area contributed by atoms with Crippen LogP contribution in [0.1, 0.15) is 5.56 Å². The van der Waals surface area contributed by atoms with E-state index in [1.807, 2.05) is 30.3 Å². The molecule has 1 aliphatic heterocycles. The van der Waals surface area contributed by atoms with Crippen LogP contribution in [-0.2, 0) is 11.3 Å². The van der Waals surface area contributed by atoms with Gasteiger partial charge in [0.05, 0.1) is 20.3 Å². The summed E-state index contributed by atoms with van der Waals surface area (Å²) in [6.07, 6.45) is 1.57. The lowest BCUT2D eigenvalue weighted by Crippen LogP contribution is -2.39. The zero-order valence-electron chi connectivity index (χ0n) is 14.6. The maximum Gasteiger partial charge on any atom is 0.131 e. The van der Waals surface area contributed by atoms with Gasteiger partial charge >= 0.3 is 0 Å². The molecule has 1 aromatic heterocycles. The van der Waals surface area contributed by atoms with Crippen molar-refractivity contribution in [2.75, 3.05) is 57.1 Å². The lowest BCUT2D eigenvalue weighted by Gasteiger charge is -2.26. The fraction of sp³-hybridized carbons (Fsp3) is 0.444. The summed E-state index contributed by atoms with van der Waals surface area (Å²) >= 11 is 0. The van der Waals surface area contributed by atoms with Gasteiger partial charge in [0, 0.05) is 44.4 Å². The molecular formula is C18H25N5O2. The van der Waals surface area contributed by atoms with E-state index in [0.29, 0.717) is 6.54 Å². The number of benzene rings is 1. The van der Waals surface area contributed by atoms with E-state index in [-0.39, 0.29) is 0 Å². The van der Waals surface area contributed by atoms with Crippen LogP contribution in [-0.4, -0.2) is 61.4 Å². The summed E-state index contributed by atoms with van der Waals surface area (Å²) < 4.78 is 10.7. The number of rotatable bonds is 8. The first kappa shape index (κ1) is 17.4. The van der Waals surface area contributed by atoms with Crippen LogP contribution in [0.15, 0.2) is 36.7 Å². The summed E-state index contributed by atoms with van der Waals surface area (Å²) in [4.78, 5) is 10.9. The van der Waals surface area contributed by atoms with Gasteiger partial charge in [0.25, 0.3) is 0 Å². The van der Waals surface area contributed by atoms with Crippen molar-refractivity contribution in [3.8, 4) is 5.75 Å². The molecule has 0 aliphatic carbocycles. The van der Waals surface area contributed by atoms with Crippen LogP contribution in [0.2, 0.25) is 0 Å². The molecule has 0 unspecified atom stereocenters. The molecule has 0 atom stereocenters. The second kappa shape index (κ2) is 9.19. The maximum absolute atomic E-state index is 5.37. The maximum atomic E-state index is 5.37. The van der Waals surface area contributed by atoms with Gasteiger partial charge in [-0.05, 0) is 6.07 Å². The second-order valence-electron chi connectivity index (χ2n) is 5.83. The van der Waals surface area contributed by atoms with Crippen LogP contribution < -0.4 is 15.4 Å². The highest BCUT2D eigenvalue weighted by Gasteiger charge is 2.09. The van der Waals surface area contributed by atoms with Gasteiger partial charge in [-0.15, -0.1) is 0 Å². The predicted molar refractivity (Wildman–Crippen MR) is 98.1 cm³/mol. The Bertz CT molecular complexity index is 661. The standard InChI is InChI=1S/C18H25N5O2/c1-24-16-5-3-2-4-15(16)13-20-18-12-17(21-14-22-18)19-6-7-23-8-10-25-11-9-23/h2-5,12,14H,6-11,13H2,1H3,(H2,19,20,21,22). The molecule has 0 bridgehead atoms. The largest absolute Gasteiger partial charge is 0.496 e. The van der Waals surface area contributed by atoms with E-state index in [1.54, 1.807) is 13.4 Å².